The van der Waals surface area contributed by atoms with Crippen molar-refractivity contribution in [1.29, 1.82) is 0 Å². The van der Waals surface area contributed by atoms with Crippen LogP contribution in [0.4, 0.5) is 0 Å². The molecule has 2 aromatic rings. The van der Waals surface area contributed by atoms with Gasteiger partial charge < -0.3 is 15.0 Å². The fourth-order valence-electron chi connectivity index (χ4n) is 2.94. The van der Waals surface area contributed by atoms with Crippen LogP contribution in [0.15, 0.2) is 42.7 Å². The standard InChI is InChI=1S/C16H21N3O/c1-2-4-14(5-3-1)16(6-10-20-11-7-16)13-17-12-15-18-8-9-19-15/h1-5,8-9,17H,6-7,10-13H2,(H,18,19). The molecule has 4 heteroatoms. The zero-order valence-electron chi connectivity index (χ0n) is 11.6. The van der Waals surface area contributed by atoms with Crippen molar-refractivity contribution in [3.63, 3.8) is 0 Å². The first-order chi connectivity index (χ1) is 9.89. The molecule has 1 aliphatic rings. The number of hydrogen-bond donors (Lipinski definition) is 2. The molecule has 3 rings (SSSR count). The molecule has 0 unspecified atom stereocenters. The van der Waals surface area contributed by atoms with Crippen LogP contribution in [0, 0.1) is 0 Å². The molecule has 0 amide bonds. The van der Waals surface area contributed by atoms with Gasteiger partial charge in [0.1, 0.15) is 5.82 Å². The molecule has 0 atom stereocenters. The van der Waals surface area contributed by atoms with Gasteiger partial charge in [-0.2, -0.15) is 0 Å². The maximum atomic E-state index is 5.55. The van der Waals surface area contributed by atoms with Crippen LogP contribution in [-0.4, -0.2) is 29.7 Å². The molecule has 0 aliphatic carbocycles. The van der Waals surface area contributed by atoms with Crippen LogP contribution >= 0.6 is 0 Å². The minimum Gasteiger partial charge on any atom is -0.381 e. The van der Waals surface area contributed by atoms with Crippen LogP contribution in [0.25, 0.3) is 0 Å². The monoisotopic (exact) mass is 271 g/mol. The van der Waals surface area contributed by atoms with Gasteiger partial charge in [-0.1, -0.05) is 30.3 Å². The Morgan fingerprint density at radius 2 is 2.00 bits per heavy atom. The van der Waals surface area contributed by atoms with E-state index in [2.05, 4.69) is 45.6 Å². The lowest BCUT2D eigenvalue weighted by Gasteiger charge is -2.38. The predicted molar refractivity (Wildman–Crippen MR) is 78.5 cm³/mol. The van der Waals surface area contributed by atoms with Gasteiger partial charge in [-0.3, -0.25) is 0 Å². The zero-order valence-corrected chi connectivity index (χ0v) is 11.6. The third kappa shape index (κ3) is 2.92. The summed E-state index contributed by atoms with van der Waals surface area (Å²) >= 11 is 0. The molecule has 20 heavy (non-hydrogen) atoms. The summed E-state index contributed by atoms with van der Waals surface area (Å²) in [6.07, 6.45) is 5.79. The number of nitrogens with one attached hydrogen (secondary N) is 2. The van der Waals surface area contributed by atoms with Crippen molar-refractivity contribution >= 4 is 0 Å². The molecule has 106 valence electrons. The number of H-pyrrole nitrogens is 1. The molecular weight excluding hydrogens is 250 g/mol. The van der Waals surface area contributed by atoms with Crippen molar-refractivity contribution in [2.75, 3.05) is 19.8 Å². The average molecular weight is 271 g/mol. The number of ether oxygens (including phenoxy) is 1. The third-order valence-electron chi connectivity index (χ3n) is 4.15. The van der Waals surface area contributed by atoms with Crippen LogP contribution < -0.4 is 5.32 Å². The Morgan fingerprint density at radius 3 is 2.70 bits per heavy atom. The minimum absolute atomic E-state index is 0.187. The average Bonchev–Trinajstić information content (AvgIpc) is 3.02. The minimum atomic E-state index is 0.187. The van der Waals surface area contributed by atoms with Crippen LogP contribution in [-0.2, 0) is 16.7 Å². The number of aromatic amines is 1. The Labute approximate surface area is 119 Å². The third-order valence-corrected chi connectivity index (χ3v) is 4.15. The van der Waals surface area contributed by atoms with E-state index in [1.807, 2.05) is 6.20 Å². The van der Waals surface area contributed by atoms with Crippen molar-refractivity contribution in [2.24, 2.45) is 0 Å². The highest BCUT2D eigenvalue weighted by Crippen LogP contribution is 2.34. The van der Waals surface area contributed by atoms with Crippen molar-refractivity contribution < 1.29 is 4.74 Å². The van der Waals surface area contributed by atoms with E-state index in [1.54, 1.807) is 6.20 Å². The number of rotatable bonds is 5. The number of aromatic nitrogens is 2. The van der Waals surface area contributed by atoms with Gasteiger partial charge in [-0.25, -0.2) is 4.98 Å². The van der Waals surface area contributed by atoms with E-state index in [0.717, 1.165) is 45.0 Å². The highest BCUT2D eigenvalue weighted by Gasteiger charge is 2.33. The van der Waals surface area contributed by atoms with Gasteiger partial charge in [0.2, 0.25) is 0 Å². The van der Waals surface area contributed by atoms with Crippen molar-refractivity contribution in [3.05, 3.63) is 54.1 Å². The van der Waals surface area contributed by atoms with Crippen molar-refractivity contribution in [2.45, 2.75) is 24.8 Å². The number of nitrogens with zero attached hydrogens (tertiary/aromatic N) is 1. The number of benzene rings is 1. The highest BCUT2D eigenvalue weighted by molar-refractivity contribution is 5.26. The molecular formula is C16H21N3O. The number of hydrogen-bond acceptors (Lipinski definition) is 3. The fraction of sp³-hybridized carbons (Fsp3) is 0.438. The second-order valence-corrected chi connectivity index (χ2v) is 5.40. The first kappa shape index (κ1) is 13.3. The van der Waals surface area contributed by atoms with Gasteiger partial charge >= 0.3 is 0 Å². The second kappa shape index (κ2) is 6.20. The quantitative estimate of drug-likeness (QED) is 0.877. The first-order valence-electron chi connectivity index (χ1n) is 7.21. The molecule has 2 heterocycles. The zero-order chi connectivity index (χ0) is 13.7. The summed E-state index contributed by atoms with van der Waals surface area (Å²) in [5, 5.41) is 3.55. The summed E-state index contributed by atoms with van der Waals surface area (Å²) in [7, 11) is 0. The van der Waals surface area contributed by atoms with Gasteiger partial charge in [0, 0.05) is 37.6 Å². The van der Waals surface area contributed by atoms with E-state index in [0.29, 0.717) is 0 Å². The number of imidazole rings is 1. The van der Waals surface area contributed by atoms with E-state index >= 15 is 0 Å². The molecule has 0 bridgehead atoms. The summed E-state index contributed by atoms with van der Waals surface area (Å²) in [6, 6.07) is 10.8. The normalized spacial score (nSPS) is 18.0. The summed E-state index contributed by atoms with van der Waals surface area (Å²) in [5.74, 6) is 0.986. The summed E-state index contributed by atoms with van der Waals surface area (Å²) in [5.41, 5.74) is 1.60. The molecule has 0 saturated carbocycles. The van der Waals surface area contributed by atoms with E-state index < -0.39 is 0 Å². The van der Waals surface area contributed by atoms with E-state index in [9.17, 15) is 0 Å². The Bertz CT molecular complexity index is 504. The topological polar surface area (TPSA) is 49.9 Å². The van der Waals surface area contributed by atoms with Gasteiger partial charge in [-0.15, -0.1) is 0 Å². The van der Waals surface area contributed by atoms with Crippen LogP contribution in [0.1, 0.15) is 24.2 Å². The van der Waals surface area contributed by atoms with Crippen LogP contribution in [0.2, 0.25) is 0 Å². The highest BCUT2D eigenvalue weighted by atomic mass is 16.5. The summed E-state index contributed by atoms with van der Waals surface area (Å²) in [4.78, 5) is 7.38. The lowest BCUT2D eigenvalue weighted by atomic mass is 9.74. The Balaban J connectivity index is 1.69. The summed E-state index contributed by atoms with van der Waals surface area (Å²) in [6.45, 7) is 3.43. The lowest BCUT2D eigenvalue weighted by molar-refractivity contribution is 0.0497. The fourth-order valence-corrected chi connectivity index (χ4v) is 2.94. The first-order valence-corrected chi connectivity index (χ1v) is 7.21. The molecule has 4 nitrogen and oxygen atoms in total. The predicted octanol–water partition coefficient (Wildman–Crippen LogP) is 2.25. The van der Waals surface area contributed by atoms with Gasteiger partial charge in [0.05, 0.1) is 6.54 Å². The second-order valence-electron chi connectivity index (χ2n) is 5.40. The molecule has 1 fully saturated rings. The summed E-state index contributed by atoms with van der Waals surface area (Å²) < 4.78 is 5.55. The molecule has 1 aliphatic heterocycles. The van der Waals surface area contributed by atoms with E-state index in [1.165, 1.54) is 5.56 Å². The van der Waals surface area contributed by atoms with Crippen molar-refractivity contribution in [3.8, 4) is 0 Å². The molecule has 0 spiro atoms. The van der Waals surface area contributed by atoms with E-state index in [4.69, 9.17) is 4.74 Å². The Kier molecular flexibility index (Phi) is 4.14. The maximum Gasteiger partial charge on any atom is 0.120 e. The largest absolute Gasteiger partial charge is 0.381 e. The molecule has 0 radical (unpaired) electrons. The SMILES string of the molecule is c1ccc(C2(CNCc3ncc[nH]3)CCOCC2)cc1. The molecule has 1 aromatic heterocycles. The van der Waals surface area contributed by atoms with Gasteiger partial charge in [-0.05, 0) is 18.4 Å². The smallest absolute Gasteiger partial charge is 0.120 e. The molecule has 2 N–H and O–H groups in total. The van der Waals surface area contributed by atoms with Gasteiger partial charge in [0.25, 0.3) is 0 Å². The van der Waals surface area contributed by atoms with Gasteiger partial charge in [0.15, 0.2) is 0 Å². The Hall–Kier alpha value is -1.65. The van der Waals surface area contributed by atoms with Crippen LogP contribution in [0.5, 0.6) is 0 Å². The van der Waals surface area contributed by atoms with Crippen molar-refractivity contribution in [1.82, 2.24) is 15.3 Å². The molecule has 1 saturated heterocycles. The Morgan fingerprint density at radius 1 is 1.20 bits per heavy atom. The van der Waals surface area contributed by atoms with E-state index in [-0.39, 0.29) is 5.41 Å². The lowest BCUT2D eigenvalue weighted by Crippen LogP contribution is -2.42. The van der Waals surface area contributed by atoms with Crippen LogP contribution in [0.3, 0.4) is 0 Å². The maximum absolute atomic E-state index is 5.55. The molecule has 1 aromatic carbocycles.